The van der Waals surface area contributed by atoms with Crippen LogP contribution < -0.4 is 20.7 Å². The fourth-order valence-corrected chi connectivity index (χ4v) is 4.04. The summed E-state index contributed by atoms with van der Waals surface area (Å²) in [6.07, 6.45) is 1.74. The SMILES string of the molecule is CCCCn1c(=O)c2c([nH]c3[n+]2C[C@@H](C)CN3c2ccc(C)cc2)n(C)c1=O. The predicted octanol–water partition coefficient (Wildman–Crippen LogP) is 2.21. The lowest BCUT2D eigenvalue weighted by atomic mass is 10.1. The third-order valence-corrected chi connectivity index (χ3v) is 5.61. The number of imidazole rings is 1. The maximum absolute atomic E-state index is 13.2. The zero-order valence-corrected chi connectivity index (χ0v) is 17.0. The van der Waals surface area contributed by atoms with Gasteiger partial charge >= 0.3 is 11.6 Å². The Balaban J connectivity index is 1.96. The first-order valence-electron chi connectivity index (χ1n) is 10.0. The Morgan fingerprint density at radius 3 is 2.61 bits per heavy atom. The number of H-pyrrole nitrogens is 1. The zero-order valence-electron chi connectivity index (χ0n) is 17.0. The van der Waals surface area contributed by atoms with Gasteiger partial charge in [-0.3, -0.25) is 13.9 Å². The highest BCUT2D eigenvalue weighted by molar-refractivity contribution is 5.70. The molecule has 7 heteroatoms. The molecule has 1 aliphatic rings. The van der Waals surface area contributed by atoms with Crippen LogP contribution >= 0.6 is 0 Å². The molecule has 0 amide bonds. The number of fused-ring (bicyclic) bond motifs is 3. The third kappa shape index (κ3) is 2.85. The second kappa shape index (κ2) is 6.96. The van der Waals surface area contributed by atoms with Crippen LogP contribution in [0.25, 0.3) is 11.2 Å². The highest BCUT2D eigenvalue weighted by Crippen LogP contribution is 2.28. The first-order valence-corrected chi connectivity index (χ1v) is 10.0. The van der Waals surface area contributed by atoms with Crippen LogP contribution in [0.2, 0.25) is 0 Å². The van der Waals surface area contributed by atoms with Crippen molar-refractivity contribution in [1.29, 1.82) is 0 Å². The highest BCUT2D eigenvalue weighted by Gasteiger charge is 2.35. The van der Waals surface area contributed by atoms with Crippen LogP contribution in [0, 0.1) is 12.8 Å². The van der Waals surface area contributed by atoms with E-state index in [4.69, 9.17) is 0 Å². The number of benzene rings is 1. The molecule has 28 heavy (non-hydrogen) atoms. The average molecular weight is 382 g/mol. The van der Waals surface area contributed by atoms with Gasteiger partial charge in [-0.05, 0) is 25.5 Å². The molecular weight excluding hydrogens is 354 g/mol. The van der Waals surface area contributed by atoms with Gasteiger partial charge in [-0.15, -0.1) is 0 Å². The summed E-state index contributed by atoms with van der Waals surface area (Å²) < 4.78 is 4.99. The van der Waals surface area contributed by atoms with E-state index in [-0.39, 0.29) is 11.2 Å². The van der Waals surface area contributed by atoms with Gasteiger partial charge < -0.3 is 0 Å². The lowest BCUT2D eigenvalue weighted by molar-refractivity contribution is -0.669. The maximum atomic E-state index is 13.2. The van der Waals surface area contributed by atoms with Crippen molar-refractivity contribution in [3.8, 4) is 0 Å². The van der Waals surface area contributed by atoms with E-state index < -0.39 is 0 Å². The summed E-state index contributed by atoms with van der Waals surface area (Å²) in [5.74, 6) is 1.23. The Morgan fingerprint density at radius 2 is 1.93 bits per heavy atom. The highest BCUT2D eigenvalue weighted by atomic mass is 16.2. The molecule has 3 aromatic rings. The standard InChI is InChI=1S/C21H27N5O2/c1-5-6-11-24-19(27)17-18(23(4)21(24)28)22-20-25(12-15(3)13-26(17)20)16-9-7-14(2)8-10-16/h7-10,15H,5-6,11-13H2,1-4H3/p+1/t15-/m0/s1. The minimum absolute atomic E-state index is 0.202. The molecule has 0 fully saturated rings. The van der Waals surface area contributed by atoms with E-state index in [0.717, 1.165) is 37.6 Å². The minimum atomic E-state index is -0.264. The number of aromatic amines is 1. The van der Waals surface area contributed by atoms with Crippen molar-refractivity contribution >= 4 is 22.8 Å². The molecule has 0 unspecified atom stereocenters. The molecule has 0 aliphatic carbocycles. The van der Waals surface area contributed by atoms with E-state index in [0.29, 0.717) is 23.6 Å². The Bertz CT molecular complexity index is 1140. The number of hydrogen-bond acceptors (Lipinski definition) is 3. The van der Waals surface area contributed by atoms with Crippen molar-refractivity contribution in [1.82, 2.24) is 14.1 Å². The smallest absolute Gasteiger partial charge is 0.267 e. The van der Waals surface area contributed by atoms with Crippen LogP contribution in [-0.4, -0.2) is 20.7 Å². The van der Waals surface area contributed by atoms with E-state index in [9.17, 15) is 9.59 Å². The second-order valence-corrected chi connectivity index (χ2v) is 7.96. The lowest BCUT2D eigenvalue weighted by Gasteiger charge is -2.26. The number of unbranched alkanes of at least 4 members (excludes halogenated alkanes) is 1. The molecule has 7 nitrogen and oxygen atoms in total. The van der Waals surface area contributed by atoms with Crippen LogP contribution in [0.3, 0.4) is 0 Å². The molecule has 0 saturated carbocycles. The van der Waals surface area contributed by atoms with E-state index in [2.05, 4.69) is 54.9 Å². The first kappa shape index (κ1) is 18.5. The van der Waals surface area contributed by atoms with Crippen molar-refractivity contribution in [3.63, 3.8) is 0 Å². The average Bonchev–Trinajstić information content (AvgIpc) is 3.06. The molecule has 4 rings (SSSR count). The largest absolute Gasteiger partial charge is 0.364 e. The Labute approximate surface area is 163 Å². The van der Waals surface area contributed by atoms with Gasteiger partial charge in [0.05, 0.1) is 13.1 Å². The predicted molar refractivity (Wildman–Crippen MR) is 110 cm³/mol. The van der Waals surface area contributed by atoms with Crippen LogP contribution in [0.4, 0.5) is 11.6 Å². The van der Waals surface area contributed by atoms with Crippen LogP contribution in [0.1, 0.15) is 32.3 Å². The molecule has 1 atom stereocenters. The van der Waals surface area contributed by atoms with E-state index in [1.807, 2.05) is 4.57 Å². The monoisotopic (exact) mass is 382 g/mol. The van der Waals surface area contributed by atoms with Gasteiger partial charge in [-0.25, -0.2) is 19.2 Å². The van der Waals surface area contributed by atoms with Gasteiger partial charge in [0.2, 0.25) is 11.2 Å². The summed E-state index contributed by atoms with van der Waals surface area (Å²) in [6.45, 7) is 8.37. The fraction of sp³-hybridized carbons (Fsp3) is 0.476. The summed E-state index contributed by atoms with van der Waals surface area (Å²) in [7, 11) is 1.73. The molecule has 1 aromatic carbocycles. The van der Waals surface area contributed by atoms with E-state index in [1.54, 1.807) is 11.6 Å². The lowest BCUT2D eigenvalue weighted by Crippen LogP contribution is -2.52. The molecule has 3 heterocycles. The zero-order chi connectivity index (χ0) is 20.0. The quantitative estimate of drug-likeness (QED) is 0.704. The Kier molecular flexibility index (Phi) is 4.61. The van der Waals surface area contributed by atoms with Gasteiger partial charge in [0.15, 0.2) is 0 Å². The summed E-state index contributed by atoms with van der Waals surface area (Å²) in [6, 6.07) is 8.38. The van der Waals surface area contributed by atoms with Crippen LogP contribution in [0.15, 0.2) is 33.9 Å². The number of nitrogens with zero attached hydrogens (tertiary/aromatic N) is 4. The fourth-order valence-electron chi connectivity index (χ4n) is 4.04. The summed E-state index contributed by atoms with van der Waals surface area (Å²) >= 11 is 0. The van der Waals surface area contributed by atoms with Gasteiger partial charge in [0.1, 0.15) is 5.69 Å². The third-order valence-electron chi connectivity index (χ3n) is 5.61. The normalized spacial score (nSPS) is 16.6. The van der Waals surface area contributed by atoms with Gasteiger partial charge in [-0.2, -0.15) is 0 Å². The molecule has 0 radical (unpaired) electrons. The molecule has 1 N–H and O–H groups in total. The molecule has 0 bridgehead atoms. The van der Waals surface area contributed by atoms with Gasteiger partial charge in [-0.1, -0.05) is 38.0 Å². The van der Waals surface area contributed by atoms with Gasteiger partial charge in [0.25, 0.3) is 5.56 Å². The molecule has 2 aromatic heterocycles. The first-order chi connectivity index (χ1) is 13.4. The van der Waals surface area contributed by atoms with Crippen molar-refractivity contribution < 1.29 is 4.57 Å². The summed E-state index contributed by atoms with van der Waals surface area (Å²) in [5, 5.41) is 0. The molecule has 0 spiro atoms. The van der Waals surface area contributed by atoms with Crippen molar-refractivity contribution in [2.24, 2.45) is 13.0 Å². The molecule has 1 aliphatic heterocycles. The topological polar surface area (TPSA) is 66.9 Å². The molecule has 0 saturated heterocycles. The number of rotatable bonds is 4. The maximum Gasteiger partial charge on any atom is 0.364 e. The van der Waals surface area contributed by atoms with E-state index in [1.165, 1.54) is 10.1 Å². The van der Waals surface area contributed by atoms with E-state index >= 15 is 0 Å². The Hall–Kier alpha value is -2.83. The second-order valence-electron chi connectivity index (χ2n) is 7.96. The minimum Gasteiger partial charge on any atom is -0.267 e. The van der Waals surface area contributed by atoms with Crippen LogP contribution in [0.5, 0.6) is 0 Å². The number of aryl methyl sites for hydroxylation is 2. The molecular formula is C21H28N5O2+. The van der Waals surface area contributed by atoms with Crippen molar-refractivity contribution in [2.75, 3.05) is 11.4 Å². The number of anilines is 2. The number of aromatic nitrogens is 4. The van der Waals surface area contributed by atoms with Gasteiger partial charge in [0, 0.05) is 19.5 Å². The number of hydrogen-bond donors (Lipinski definition) is 1. The summed E-state index contributed by atoms with van der Waals surface area (Å²) in [5.41, 5.74) is 2.99. The molecule has 148 valence electrons. The number of nitrogens with one attached hydrogen (secondary N) is 1. The van der Waals surface area contributed by atoms with Crippen LogP contribution in [-0.2, 0) is 20.1 Å². The van der Waals surface area contributed by atoms with Crippen molar-refractivity contribution in [2.45, 2.75) is 46.7 Å². The van der Waals surface area contributed by atoms with Crippen molar-refractivity contribution in [3.05, 3.63) is 50.7 Å². The Morgan fingerprint density at radius 1 is 1.21 bits per heavy atom. The summed E-state index contributed by atoms with van der Waals surface area (Å²) in [4.78, 5) is 31.6.